The summed E-state index contributed by atoms with van der Waals surface area (Å²) in [6.45, 7) is 6.46. The molecule has 21 heavy (non-hydrogen) atoms. The monoisotopic (exact) mass is 305 g/mol. The Hall–Kier alpha value is -2.06. The van der Waals surface area contributed by atoms with E-state index in [1.807, 2.05) is 23.8 Å². The average Bonchev–Trinajstić information content (AvgIpc) is 2.94. The van der Waals surface area contributed by atoms with E-state index in [1.165, 1.54) is 6.33 Å². The lowest BCUT2D eigenvalue weighted by Gasteiger charge is -2.08. The molecule has 0 saturated heterocycles. The maximum Gasteiger partial charge on any atom is 0.171 e. The first-order chi connectivity index (χ1) is 10.2. The van der Waals surface area contributed by atoms with Gasteiger partial charge < -0.3 is 16.0 Å². The maximum atomic E-state index is 5.14. The van der Waals surface area contributed by atoms with Crippen LogP contribution in [0.5, 0.6) is 0 Å². The third-order valence-electron chi connectivity index (χ3n) is 2.69. The van der Waals surface area contributed by atoms with E-state index in [0.29, 0.717) is 10.9 Å². The van der Waals surface area contributed by atoms with Gasteiger partial charge in [-0.15, -0.1) is 0 Å². The third-order valence-corrected chi connectivity index (χ3v) is 2.93. The van der Waals surface area contributed by atoms with Gasteiger partial charge in [0.05, 0.1) is 5.69 Å². The zero-order valence-corrected chi connectivity index (χ0v) is 12.9. The largest absolute Gasteiger partial charge is 0.363 e. The minimum Gasteiger partial charge on any atom is -0.363 e. The zero-order chi connectivity index (χ0) is 15.1. The molecular weight excluding hydrogens is 286 g/mol. The molecule has 112 valence electrons. The smallest absolute Gasteiger partial charge is 0.171 e. The highest BCUT2D eigenvalue weighted by Gasteiger charge is 2.04. The van der Waals surface area contributed by atoms with Crippen LogP contribution in [0.25, 0.3) is 5.82 Å². The Kier molecular flexibility index (Phi) is 5.59. The first-order valence-corrected chi connectivity index (χ1v) is 7.24. The standard InChI is InChI=1S/C13H19N7S/c1-3-14-6-10-7-20(9-18-10)12-5-11(16-8-17-12)19-13(21)15-4-2/h5,7-9,14H,3-4,6H2,1-2H3,(H2,15,16,17,19,21). The molecule has 2 rings (SSSR count). The Balaban J connectivity index is 2.09. The van der Waals surface area contributed by atoms with E-state index < -0.39 is 0 Å². The van der Waals surface area contributed by atoms with Gasteiger partial charge in [0.1, 0.15) is 24.3 Å². The SMILES string of the molecule is CCNCc1cn(-c2cc(NC(=S)NCC)ncn2)cn1. The molecule has 2 aromatic rings. The molecule has 0 aliphatic carbocycles. The van der Waals surface area contributed by atoms with Gasteiger partial charge in [-0.2, -0.15) is 0 Å². The van der Waals surface area contributed by atoms with Gasteiger partial charge >= 0.3 is 0 Å². The normalized spacial score (nSPS) is 10.4. The number of nitrogens with one attached hydrogen (secondary N) is 3. The molecule has 0 fully saturated rings. The fraction of sp³-hybridized carbons (Fsp3) is 0.385. The van der Waals surface area contributed by atoms with Crippen molar-refractivity contribution < 1.29 is 0 Å². The van der Waals surface area contributed by atoms with Crippen LogP contribution in [0.2, 0.25) is 0 Å². The average molecular weight is 305 g/mol. The second-order valence-electron chi connectivity index (χ2n) is 4.30. The Morgan fingerprint density at radius 1 is 1.24 bits per heavy atom. The summed E-state index contributed by atoms with van der Waals surface area (Å²) in [4.78, 5) is 12.7. The van der Waals surface area contributed by atoms with E-state index in [0.717, 1.165) is 31.1 Å². The van der Waals surface area contributed by atoms with Gasteiger partial charge in [0.15, 0.2) is 5.11 Å². The molecular formula is C13H19N7S. The van der Waals surface area contributed by atoms with E-state index in [-0.39, 0.29) is 0 Å². The van der Waals surface area contributed by atoms with Gasteiger partial charge in [-0.1, -0.05) is 6.92 Å². The van der Waals surface area contributed by atoms with Gasteiger partial charge in [-0.05, 0) is 25.7 Å². The van der Waals surface area contributed by atoms with Crippen LogP contribution in [-0.4, -0.2) is 37.7 Å². The van der Waals surface area contributed by atoms with Gasteiger partial charge in [0, 0.05) is 25.4 Å². The van der Waals surface area contributed by atoms with Crippen LogP contribution in [0.15, 0.2) is 24.9 Å². The highest BCUT2D eigenvalue weighted by atomic mass is 32.1. The van der Waals surface area contributed by atoms with Crippen molar-refractivity contribution >= 4 is 23.1 Å². The molecule has 2 aromatic heterocycles. The Bertz CT molecular complexity index is 596. The molecule has 0 amide bonds. The Morgan fingerprint density at radius 2 is 2.10 bits per heavy atom. The predicted molar refractivity (Wildman–Crippen MR) is 86.4 cm³/mol. The lowest BCUT2D eigenvalue weighted by molar-refractivity contribution is 0.713. The van der Waals surface area contributed by atoms with Crippen molar-refractivity contribution in [2.75, 3.05) is 18.4 Å². The highest BCUT2D eigenvalue weighted by molar-refractivity contribution is 7.80. The molecule has 0 spiro atoms. The first-order valence-electron chi connectivity index (χ1n) is 6.83. The van der Waals surface area contributed by atoms with E-state index in [2.05, 4.69) is 37.8 Å². The number of anilines is 1. The predicted octanol–water partition coefficient (Wildman–Crippen LogP) is 1.08. The van der Waals surface area contributed by atoms with Crippen molar-refractivity contribution in [2.45, 2.75) is 20.4 Å². The van der Waals surface area contributed by atoms with E-state index in [1.54, 1.807) is 6.33 Å². The van der Waals surface area contributed by atoms with E-state index in [9.17, 15) is 0 Å². The lowest BCUT2D eigenvalue weighted by Crippen LogP contribution is -2.28. The minimum absolute atomic E-state index is 0.542. The number of aromatic nitrogens is 4. The van der Waals surface area contributed by atoms with Crippen molar-refractivity contribution in [3.8, 4) is 5.82 Å². The summed E-state index contributed by atoms with van der Waals surface area (Å²) in [6.07, 6.45) is 5.18. The molecule has 3 N–H and O–H groups in total. The van der Waals surface area contributed by atoms with Crippen molar-refractivity contribution in [1.82, 2.24) is 30.2 Å². The van der Waals surface area contributed by atoms with Gasteiger partial charge in [-0.25, -0.2) is 15.0 Å². The van der Waals surface area contributed by atoms with Crippen LogP contribution in [0.4, 0.5) is 5.82 Å². The van der Waals surface area contributed by atoms with Crippen LogP contribution in [0, 0.1) is 0 Å². The Morgan fingerprint density at radius 3 is 2.86 bits per heavy atom. The number of thiocarbonyl (C=S) groups is 1. The summed E-state index contributed by atoms with van der Waals surface area (Å²) in [5, 5.41) is 9.81. The highest BCUT2D eigenvalue weighted by Crippen LogP contribution is 2.09. The van der Waals surface area contributed by atoms with Crippen molar-refractivity contribution in [1.29, 1.82) is 0 Å². The summed E-state index contributed by atoms with van der Waals surface area (Å²) >= 11 is 5.14. The van der Waals surface area contributed by atoms with E-state index in [4.69, 9.17) is 12.2 Å². The lowest BCUT2D eigenvalue weighted by atomic mass is 10.4. The maximum absolute atomic E-state index is 5.14. The molecule has 0 aliphatic rings. The molecule has 0 bridgehead atoms. The third kappa shape index (κ3) is 4.47. The zero-order valence-electron chi connectivity index (χ0n) is 12.1. The number of rotatable bonds is 6. The van der Waals surface area contributed by atoms with Crippen LogP contribution < -0.4 is 16.0 Å². The molecule has 7 nitrogen and oxygen atoms in total. The molecule has 0 aliphatic heterocycles. The quantitative estimate of drug-likeness (QED) is 0.689. The summed E-state index contributed by atoms with van der Waals surface area (Å²) in [5.74, 6) is 1.38. The van der Waals surface area contributed by atoms with Gasteiger partial charge in [0.2, 0.25) is 0 Å². The summed E-state index contributed by atoms with van der Waals surface area (Å²) in [6, 6.07) is 1.82. The summed E-state index contributed by atoms with van der Waals surface area (Å²) in [7, 11) is 0. The molecule has 0 radical (unpaired) electrons. The number of hydrogen-bond donors (Lipinski definition) is 3. The molecule has 0 saturated carbocycles. The first kappa shape index (κ1) is 15.3. The van der Waals surface area contributed by atoms with Crippen molar-refractivity contribution in [3.63, 3.8) is 0 Å². The summed E-state index contributed by atoms with van der Waals surface area (Å²) < 4.78 is 1.86. The number of imidazole rings is 1. The van der Waals surface area contributed by atoms with Crippen LogP contribution in [0.1, 0.15) is 19.5 Å². The molecule has 8 heteroatoms. The second kappa shape index (κ2) is 7.65. The summed E-state index contributed by atoms with van der Waals surface area (Å²) in [5.41, 5.74) is 0.966. The topological polar surface area (TPSA) is 79.7 Å². The molecule has 0 atom stereocenters. The van der Waals surface area contributed by atoms with Crippen molar-refractivity contribution in [3.05, 3.63) is 30.6 Å². The number of nitrogens with zero attached hydrogens (tertiary/aromatic N) is 4. The fourth-order valence-corrected chi connectivity index (χ4v) is 1.96. The number of hydrogen-bond acceptors (Lipinski definition) is 5. The van der Waals surface area contributed by atoms with Crippen LogP contribution in [0.3, 0.4) is 0 Å². The fourth-order valence-electron chi connectivity index (χ4n) is 1.71. The van der Waals surface area contributed by atoms with Crippen LogP contribution >= 0.6 is 12.2 Å². The van der Waals surface area contributed by atoms with Gasteiger partial charge in [0.25, 0.3) is 0 Å². The minimum atomic E-state index is 0.542. The Labute approximate surface area is 129 Å². The molecule has 0 unspecified atom stereocenters. The van der Waals surface area contributed by atoms with E-state index >= 15 is 0 Å². The molecule has 2 heterocycles. The van der Waals surface area contributed by atoms with Crippen molar-refractivity contribution in [2.24, 2.45) is 0 Å². The second-order valence-corrected chi connectivity index (χ2v) is 4.71. The van der Waals surface area contributed by atoms with Gasteiger partial charge in [-0.3, -0.25) is 4.57 Å². The van der Waals surface area contributed by atoms with Crippen LogP contribution in [-0.2, 0) is 6.54 Å². The molecule has 0 aromatic carbocycles.